The zero-order chi connectivity index (χ0) is 28.7. The zero-order valence-corrected chi connectivity index (χ0v) is 22.9. The first-order valence-corrected chi connectivity index (χ1v) is 14.7. The van der Waals surface area contributed by atoms with Crippen molar-refractivity contribution in [2.24, 2.45) is 10.2 Å². The number of rotatable bonds is 10. The summed E-state index contributed by atoms with van der Waals surface area (Å²) in [6.45, 7) is -0.198. The lowest BCUT2D eigenvalue weighted by atomic mass is 9.77. The summed E-state index contributed by atoms with van der Waals surface area (Å²) in [7, 11) is -3.99. The molecule has 0 unspecified atom stereocenters. The van der Waals surface area contributed by atoms with Crippen LogP contribution in [0.2, 0.25) is 5.02 Å². The molecule has 4 atom stereocenters. The number of fused-ring (bicyclic) bond motifs is 1. The highest BCUT2D eigenvalue weighted by molar-refractivity contribution is 7.89. The van der Waals surface area contributed by atoms with Crippen LogP contribution < -0.4 is 4.72 Å². The number of halogens is 1. The summed E-state index contributed by atoms with van der Waals surface area (Å²) in [5, 5.41) is 7.07. The van der Waals surface area contributed by atoms with Crippen molar-refractivity contribution in [1.82, 2.24) is 9.62 Å². The molecule has 1 amide bonds. The molecule has 0 spiro atoms. The Balaban J connectivity index is 1.83. The summed E-state index contributed by atoms with van der Waals surface area (Å²) in [5.74, 6) is -2.69. The fourth-order valence-corrected chi connectivity index (χ4v) is 6.60. The summed E-state index contributed by atoms with van der Waals surface area (Å²) in [6, 6.07) is 11.4. The van der Waals surface area contributed by atoms with E-state index in [1.54, 1.807) is 53.4 Å². The van der Waals surface area contributed by atoms with Crippen LogP contribution in [-0.4, -0.2) is 56.3 Å². The Kier molecular flexibility index (Phi) is 9.51. The van der Waals surface area contributed by atoms with Gasteiger partial charge in [-0.2, -0.15) is 0 Å². The van der Waals surface area contributed by atoms with Crippen molar-refractivity contribution in [2.75, 3.05) is 19.0 Å². The second-order valence-electron chi connectivity index (χ2n) is 9.45. The van der Waals surface area contributed by atoms with Crippen molar-refractivity contribution in [3.63, 3.8) is 0 Å². The number of nitrogens with zero attached hydrogens (tertiary/aromatic N) is 7. The Hall–Kier alpha value is -3.80. The second-order valence-corrected chi connectivity index (χ2v) is 11.6. The van der Waals surface area contributed by atoms with E-state index >= 15 is 0 Å². The van der Waals surface area contributed by atoms with Gasteiger partial charge in [-0.05, 0) is 53.2 Å². The Bertz CT molecular complexity index is 1460. The third kappa shape index (κ3) is 6.49. The molecule has 40 heavy (non-hydrogen) atoms. The number of ether oxygens (including phenoxy) is 1. The molecule has 0 saturated heterocycles. The summed E-state index contributed by atoms with van der Waals surface area (Å²) in [5.41, 5.74) is 18.6. The molecule has 1 saturated carbocycles. The molecule has 15 heteroatoms. The molecule has 2 aromatic rings. The van der Waals surface area contributed by atoms with E-state index in [1.165, 1.54) is 0 Å². The van der Waals surface area contributed by atoms with Crippen LogP contribution in [0.3, 0.4) is 0 Å². The highest BCUT2D eigenvalue weighted by atomic mass is 35.5. The summed E-state index contributed by atoms with van der Waals surface area (Å²) < 4.78 is 33.5. The van der Waals surface area contributed by atoms with Gasteiger partial charge in [-0.1, -0.05) is 65.0 Å². The van der Waals surface area contributed by atoms with Crippen LogP contribution in [0.15, 0.2) is 58.8 Å². The maximum atomic E-state index is 14.2. The number of amides is 1. The van der Waals surface area contributed by atoms with Gasteiger partial charge in [-0.15, -0.1) is 0 Å². The lowest BCUT2D eigenvalue weighted by Crippen LogP contribution is -2.58. The van der Waals surface area contributed by atoms with Crippen molar-refractivity contribution in [3.05, 3.63) is 91.1 Å². The van der Waals surface area contributed by atoms with E-state index in [4.69, 9.17) is 27.4 Å². The van der Waals surface area contributed by atoms with Gasteiger partial charge in [0.05, 0.1) is 19.2 Å². The Morgan fingerprint density at radius 1 is 1.07 bits per heavy atom. The van der Waals surface area contributed by atoms with E-state index in [0.717, 1.165) is 12.8 Å². The highest BCUT2D eigenvalue weighted by Crippen LogP contribution is 2.46. The van der Waals surface area contributed by atoms with Crippen molar-refractivity contribution < 1.29 is 22.7 Å². The molecule has 2 aliphatic rings. The van der Waals surface area contributed by atoms with Crippen molar-refractivity contribution in [1.29, 1.82) is 0 Å². The van der Waals surface area contributed by atoms with Gasteiger partial charge in [-0.25, -0.2) is 13.1 Å². The number of nitrogens with one attached hydrogen (secondary N) is 1. The second kappa shape index (κ2) is 13.0. The predicted octanol–water partition coefficient (Wildman–Crippen LogP) is 4.97. The summed E-state index contributed by atoms with van der Waals surface area (Å²) in [6.07, 6.45) is 2.38. The summed E-state index contributed by atoms with van der Waals surface area (Å²) >= 11 is 6.16. The van der Waals surface area contributed by atoms with Gasteiger partial charge in [0, 0.05) is 32.5 Å². The van der Waals surface area contributed by atoms with Crippen LogP contribution >= 0.6 is 11.6 Å². The van der Waals surface area contributed by atoms with Crippen LogP contribution in [0.1, 0.15) is 59.1 Å². The number of hydrogen-bond donors (Lipinski definition) is 1. The number of benzene rings is 2. The van der Waals surface area contributed by atoms with Crippen molar-refractivity contribution in [3.8, 4) is 0 Å². The quantitative estimate of drug-likeness (QED) is 0.135. The lowest BCUT2D eigenvalue weighted by molar-refractivity contribution is -0.147. The first kappa shape index (κ1) is 29.2. The van der Waals surface area contributed by atoms with E-state index in [9.17, 15) is 18.0 Å². The van der Waals surface area contributed by atoms with E-state index in [0.29, 0.717) is 34.6 Å². The highest BCUT2D eigenvalue weighted by Gasteiger charge is 2.49. The van der Waals surface area contributed by atoms with Gasteiger partial charge in [0.2, 0.25) is 10.0 Å². The molecule has 0 radical (unpaired) electrons. The fourth-order valence-electron chi connectivity index (χ4n) is 5.46. The molecule has 2 aromatic carbocycles. The molecule has 13 nitrogen and oxygen atoms in total. The maximum absolute atomic E-state index is 14.2. The zero-order valence-electron chi connectivity index (χ0n) is 21.3. The third-order valence-electron chi connectivity index (χ3n) is 7.05. The fraction of sp³-hybridized carbons (Fsp3) is 0.440. The van der Waals surface area contributed by atoms with Crippen LogP contribution in [0.4, 0.5) is 0 Å². The number of sulfonamides is 1. The molecule has 210 valence electrons. The molecule has 1 N–H and O–H groups in total. The molecule has 4 rings (SSSR count). The Morgan fingerprint density at radius 3 is 2.50 bits per heavy atom. The van der Waals surface area contributed by atoms with E-state index in [2.05, 4.69) is 24.8 Å². The van der Waals surface area contributed by atoms with Gasteiger partial charge < -0.3 is 9.64 Å². The number of hydrogen-bond acceptors (Lipinski definition) is 7. The van der Waals surface area contributed by atoms with Gasteiger partial charge in [0.15, 0.2) is 0 Å². The van der Waals surface area contributed by atoms with Gasteiger partial charge >= 0.3 is 5.97 Å². The third-order valence-corrected chi connectivity index (χ3v) is 8.42. The minimum Gasteiger partial charge on any atom is -0.465 e. The SMILES string of the molecule is [N-]=[N+]=NCCOC(=O)[C@H]1c2ccccc2C(=O)N([C@@H]2CCCC[C@H]2NS(=O)(=O)CN=[N+]=[N-])[C@@H]1c1ccc(Cl)cc1. The molecule has 1 aliphatic carbocycles. The first-order valence-electron chi connectivity index (χ1n) is 12.6. The molecular formula is C25H27ClN8O5S. The average Bonchev–Trinajstić information content (AvgIpc) is 2.95. The lowest BCUT2D eigenvalue weighted by Gasteiger charge is -2.48. The van der Waals surface area contributed by atoms with E-state index in [1.807, 2.05) is 0 Å². The monoisotopic (exact) mass is 586 g/mol. The normalized spacial score (nSPS) is 22.4. The summed E-state index contributed by atoms with van der Waals surface area (Å²) in [4.78, 5) is 34.6. The minimum atomic E-state index is -3.99. The molecule has 0 aromatic heterocycles. The largest absolute Gasteiger partial charge is 0.465 e. The smallest absolute Gasteiger partial charge is 0.315 e. The Labute approximate surface area is 235 Å². The number of carbonyl (C=O) groups excluding carboxylic acids is 2. The van der Waals surface area contributed by atoms with Crippen molar-refractivity contribution >= 4 is 33.5 Å². The minimum absolute atomic E-state index is 0.0531. The Morgan fingerprint density at radius 2 is 1.77 bits per heavy atom. The van der Waals surface area contributed by atoms with Crippen LogP contribution in [0, 0.1) is 0 Å². The molecule has 1 fully saturated rings. The van der Waals surface area contributed by atoms with E-state index < -0.39 is 45.9 Å². The molecule has 0 bridgehead atoms. The van der Waals surface area contributed by atoms with Crippen LogP contribution in [0.5, 0.6) is 0 Å². The standard InChI is InChI=1S/C25H27ClN8O5S/c26-17-11-9-16(10-12-17)23-22(25(36)39-14-13-29-32-27)18-5-1-2-6-19(18)24(35)34(23)21-8-4-3-7-20(21)31-40(37,38)15-30-33-28/h1-2,5-6,9-12,20-23,31H,3-4,7-8,13-15H2/t20-,21-,22+,23-/m1/s1. The van der Waals surface area contributed by atoms with Gasteiger partial charge in [-0.3, -0.25) is 9.59 Å². The topological polar surface area (TPSA) is 190 Å². The first-order chi connectivity index (χ1) is 19.3. The number of esters is 1. The number of azide groups is 2. The maximum Gasteiger partial charge on any atom is 0.315 e. The molecule has 1 heterocycles. The number of carbonyl (C=O) groups is 2. The average molecular weight is 587 g/mol. The molecule has 1 aliphatic heterocycles. The van der Waals surface area contributed by atoms with E-state index in [-0.39, 0.29) is 19.1 Å². The van der Waals surface area contributed by atoms with Gasteiger partial charge in [0.1, 0.15) is 11.8 Å². The van der Waals surface area contributed by atoms with Crippen LogP contribution in [0.25, 0.3) is 20.9 Å². The predicted molar refractivity (Wildman–Crippen MR) is 147 cm³/mol. The van der Waals surface area contributed by atoms with Crippen LogP contribution in [-0.2, 0) is 19.6 Å². The van der Waals surface area contributed by atoms with Crippen molar-refractivity contribution in [2.45, 2.75) is 49.7 Å². The van der Waals surface area contributed by atoms with Gasteiger partial charge in [0.25, 0.3) is 5.91 Å². The molecular weight excluding hydrogens is 560 g/mol.